The minimum absolute atomic E-state index is 0.0318. The van der Waals surface area contributed by atoms with Gasteiger partial charge in [-0.05, 0) is 25.3 Å². The molecule has 1 aromatic carbocycles. The normalized spacial score (nSPS) is 16.6. The Hall–Kier alpha value is -2.63. The van der Waals surface area contributed by atoms with E-state index in [4.69, 9.17) is 4.42 Å². The summed E-state index contributed by atoms with van der Waals surface area (Å²) in [5.41, 5.74) is 0.0866. The van der Waals surface area contributed by atoms with Crippen molar-refractivity contribution in [3.8, 4) is 0 Å². The van der Waals surface area contributed by atoms with E-state index in [9.17, 15) is 14.7 Å². The molecule has 1 amide bonds. The van der Waals surface area contributed by atoms with Crippen LogP contribution in [0.2, 0.25) is 0 Å². The number of hydrogen-bond donors (Lipinski definition) is 2. The molecule has 6 heteroatoms. The molecule has 0 spiro atoms. The van der Waals surface area contributed by atoms with Crippen molar-refractivity contribution in [3.63, 3.8) is 0 Å². The van der Waals surface area contributed by atoms with Crippen LogP contribution in [0.4, 0.5) is 0 Å². The van der Waals surface area contributed by atoms with Gasteiger partial charge in [0.05, 0.1) is 5.69 Å². The van der Waals surface area contributed by atoms with Gasteiger partial charge in [-0.25, -0.2) is 4.98 Å². The van der Waals surface area contributed by atoms with Gasteiger partial charge in [0.15, 0.2) is 6.39 Å². The number of carbonyl (C=O) groups is 2. The lowest BCUT2D eigenvalue weighted by atomic mass is 9.82. The lowest BCUT2D eigenvalue weighted by Gasteiger charge is -2.25. The molecule has 1 fully saturated rings. The number of carbonyl (C=O) groups excluding carboxylic acids is 1. The van der Waals surface area contributed by atoms with E-state index in [2.05, 4.69) is 10.3 Å². The highest BCUT2D eigenvalue weighted by Crippen LogP contribution is 2.40. The van der Waals surface area contributed by atoms with Crippen LogP contribution in [-0.4, -0.2) is 28.5 Å². The molecule has 1 aliphatic rings. The molecule has 1 aromatic heterocycles. The summed E-state index contributed by atoms with van der Waals surface area (Å²) in [6.45, 7) is 1.56. The second-order valence-corrected chi connectivity index (χ2v) is 6.03. The van der Waals surface area contributed by atoms with Crippen LogP contribution in [-0.2, 0) is 10.2 Å². The van der Waals surface area contributed by atoms with E-state index >= 15 is 0 Å². The van der Waals surface area contributed by atoms with E-state index in [-0.39, 0.29) is 18.2 Å². The maximum absolute atomic E-state index is 12.3. The molecule has 0 saturated heterocycles. The predicted molar refractivity (Wildman–Crippen MR) is 82.2 cm³/mol. The van der Waals surface area contributed by atoms with Gasteiger partial charge in [0.25, 0.3) is 5.91 Å². The standard InChI is InChI=1S/C17H18N2O4/c1-17(16(21)22,12-5-3-2-4-6-12)9-18-15(20)14-13(11-7-8-11)19-10-23-14/h2-6,10-11H,7-9H2,1H3,(H,18,20)(H,21,22). The summed E-state index contributed by atoms with van der Waals surface area (Å²) in [6.07, 6.45) is 3.27. The van der Waals surface area contributed by atoms with Crippen LogP contribution in [0.3, 0.4) is 0 Å². The monoisotopic (exact) mass is 314 g/mol. The van der Waals surface area contributed by atoms with Gasteiger partial charge in [-0.15, -0.1) is 0 Å². The molecule has 1 unspecified atom stereocenters. The number of hydrogen-bond acceptors (Lipinski definition) is 4. The number of aromatic nitrogens is 1. The van der Waals surface area contributed by atoms with Crippen molar-refractivity contribution in [2.24, 2.45) is 0 Å². The number of carboxylic acids is 1. The smallest absolute Gasteiger partial charge is 0.315 e. The molecule has 1 saturated carbocycles. The first-order chi connectivity index (χ1) is 11.0. The third-order valence-corrected chi connectivity index (χ3v) is 4.25. The molecule has 1 heterocycles. The Labute approximate surface area is 133 Å². The molecule has 0 radical (unpaired) electrons. The minimum atomic E-state index is -1.21. The number of rotatable bonds is 6. The van der Waals surface area contributed by atoms with Gasteiger partial charge in [-0.1, -0.05) is 30.3 Å². The second kappa shape index (κ2) is 5.87. The van der Waals surface area contributed by atoms with Gasteiger partial charge in [-0.2, -0.15) is 0 Å². The highest BCUT2D eigenvalue weighted by molar-refractivity contribution is 5.93. The van der Waals surface area contributed by atoms with Crippen molar-refractivity contribution < 1.29 is 19.1 Å². The highest BCUT2D eigenvalue weighted by atomic mass is 16.4. The molecule has 120 valence electrons. The topological polar surface area (TPSA) is 92.4 Å². The number of benzene rings is 1. The molecule has 23 heavy (non-hydrogen) atoms. The molecule has 6 nitrogen and oxygen atoms in total. The first-order valence-corrected chi connectivity index (χ1v) is 7.53. The number of aliphatic carboxylic acids is 1. The zero-order valence-electron chi connectivity index (χ0n) is 12.8. The molecule has 0 aliphatic heterocycles. The number of carboxylic acid groups (broad SMARTS) is 1. The van der Waals surface area contributed by atoms with Crippen LogP contribution in [0.5, 0.6) is 0 Å². The van der Waals surface area contributed by atoms with Gasteiger partial charge in [0, 0.05) is 12.5 Å². The number of nitrogens with one attached hydrogen (secondary N) is 1. The van der Waals surface area contributed by atoms with Crippen molar-refractivity contribution in [3.05, 3.63) is 53.7 Å². The average molecular weight is 314 g/mol. The zero-order chi connectivity index (χ0) is 16.4. The maximum Gasteiger partial charge on any atom is 0.315 e. The summed E-state index contributed by atoms with van der Waals surface area (Å²) in [7, 11) is 0. The van der Waals surface area contributed by atoms with Gasteiger partial charge < -0.3 is 14.8 Å². The third-order valence-electron chi connectivity index (χ3n) is 4.25. The fourth-order valence-corrected chi connectivity index (χ4v) is 2.52. The SMILES string of the molecule is CC(CNC(=O)c1ocnc1C1CC1)(C(=O)O)c1ccccc1. The van der Waals surface area contributed by atoms with E-state index in [0.717, 1.165) is 12.8 Å². The Morgan fingerprint density at radius 3 is 2.65 bits per heavy atom. The maximum atomic E-state index is 12.3. The molecule has 2 N–H and O–H groups in total. The molecular weight excluding hydrogens is 296 g/mol. The van der Waals surface area contributed by atoms with Crippen LogP contribution < -0.4 is 5.32 Å². The quantitative estimate of drug-likeness (QED) is 0.853. The first-order valence-electron chi connectivity index (χ1n) is 7.53. The van der Waals surface area contributed by atoms with Crippen LogP contribution in [0.25, 0.3) is 0 Å². The summed E-state index contributed by atoms with van der Waals surface area (Å²) < 4.78 is 5.19. The van der Waals surface area contributed by atoms with E-state index in [1.165, 1.54) is 6.39 Å². The van der Waals surface area contributed by atoms with Crippen LogP contribution in [0, 0.1) is 0 Å². The Kier molecular flexibility index (Phi) is 3.90. The van der Waals surface area contributed by atoms with Crippen LogP contribution in [0.1, 0.15) is 47.5 Å². The van der Waals surface area contributed by atoms with Gasteiger partial charge in [-0.3, -0.25) is 9.59 Å². The van der Waals surface area contributed by atoms with Crippen LogP contribution >= 0.6 is 0 Å². The second-order valence-electron chi connectivity index (χ2n) is 6.03. The summed E-state index contributed by atoms with van der Waals surface area (Å²) in [5, 5.41) is 12.3. The van der Waals surface area contributed by atoms with E-state index < -0.39 is 17.3 Å². The van der Waals surface area contributed by atoms with Crippen molar-refractivity contribution >= 4 is 11.9 Å². The largest absolute Gasteiger partial charge is 0.481 e. The Balaban J connectivity index is 1.75. The van der Waals surface area contributed by atoms with Crippen molar-refractivity contribution in [1.82, 2.24) is 10.3 Å². The van der Waals surface area contributed by atoms with Gasteiger partial charge in [0.2, 0.25) is 5.76 Å². The summed E-state index contributed by atoms with van der Waals surface area (Å²) in [5.74, 6) is -0.945. The minimum Gasteiger partial charge on any atom is -0.481 e. The molecule has 1 aliphatic carbocycles. The van der Waals surface area contributed by atoms with E-state index in [0.29, 0.717) is 11.3 Å². The Morgan fingerprint density at radius 1 is 1.35 bits per heavy atom. The average Bonchev–Trinajstić information content (AvgIpc) is 3.29. The van der Waals surface area contributed by atoms with Crippen molar-refractivity contribution in [1.29, 1.82) is 0 Å². The van der Waals surface area contributed by atoms with E-state index in [1.807, 2.05) is 6.07 Å². The predicted octanol–water partition coefficient (Wildman–Crippen LogP) is 2.32. The Bertz CT molecular complexity index is 721. The lowest BCUT2D eigenvalue weighted by Crippen LogP contribution is -2.44. The van der Waals surface area contributed by atoms with Gasteiger partial charge >= 0.3 is 5.97 Å². The summed E-state index contributed by atoms with van der Waals surface area (Å²) in [4.78, 5) is 28.1. The highest BCUT2D eigenvalue weighted by Gasteiger charge is 2.37. The van der Waals surface area contributed by atoms with Crippen molar-refractivity contribution in [2.75, 3.05) is 6.54 Å². The van der Waals surface area contributed by atoms with Crippen molar-refractivity contribution in [2.45, 2.75) is 31.1 Å². The molecule has 0 bridgehead atoms. The Morgan fingerprint density at radius 2 is 2.04 bits per heavy atom. The molecular formula is C17H18N2O4. The molecule has 2 aromatic rings. The number of oxazole rings is 1. The van der Waals surface area contributed by atoms with Crippen LogP contribution in [0.15, 0.2) is 41.1 Å². The summed E-state index contributed by atoms with van der Waals surface area (Å²) >= 11 is 0. The number of amides is 1. The van der Waals surface area contributed by atoms with E-state index in [1.54, 1.807) is 31.2 Å². The fraction of sp³-hybridized carbons (Fsp3) is 0.353. The third kappa shape index (κ3) is 2.97. The summed E-state index contributed by atoms with van der Waals surface area (Å²) in [6, 6.07) is 8.86. The molecule has 3 rings (SSSR count). The first kappa shape index (κ1) is 15.3. The number of nitrogens with zero attached hydrogens (tertiary/aromatic N) is 1. The molecule has 1 atom stereocenters. The lowest BCUT2D eigenvalue weighted by molar-refractivity contribution is -0.142. The fourth-order valence-electron chi connectivity index (χ4n) is 2.52. The van der Waals surface area contributed by atoms with Gasteiger partial charge in [0.1, 0.15) is 5.41 Å². The zero-order valence-corrected chi connectivity index (χ0v) is 12.8.